The molecule has 3 heterocycles. The highest BCUT2D eigenvalue weighted by Crippen LogP contribution is 2.32. The monoisotopic (exact) mass is 289 g/mol. The third-order valence-electron chi connectivity index (χ3n) is 3.38. The zero-order valence-corrected chi connectivity index (χ0v) is 11.9. The van der Waals surface area contributed by atoms with E-state index in [1.54, 1.807) is 23.9 Å². The molecule has 6 nitrogen and oxygen atoms in total. The van der Waals surface area contributed by atoms with Crippen molar-refractivity contribution in [1.82, 2.24) is 19.9 Å². The van der Waals surface area contributed by atoms with Gasteiger partial charge in [0, 0.05) is 18.0 Å². The standard InChI is InChI=1S/C13H15N5OS/c1-8-16-9(5-12(14)17-8)11-3-2-4-18(11)13(19)10-6-20-7-15-10/h5-7,11H,2-4H2,1H3,(H2,14,16,17)/t11-/m1/s1. The number of rotatable bonds is 2. The van der Waals surface area contributed by atoms with Gasteiger partial charge in [0.25, 0.3) is 5.91 Å². The molecular formula is C13H15N5OS. The Labute approximate surface area is 120 Å². The van der Waals surface area contributed by atoms with Gasteiger partial charge in [-0.15, -0.1) is 11.3 Å². The SMILES string of the molecule is Cc1nc(N)cc([C@H]2CCCN2C(=O)c2cscn2)n1. The maximum Gasteiger partial charge on any atom is 0.273 e. The fraction of sp³-hybridized carbons (Fsp3) is 0.385. The van der Waals surface area contributed by atoms with E-state index in [-0.39, 0.29) is 11.9 Å². The number of hydrogen-bond acceptors (Lipinski definition) is 6. The third kappa shape index (κ3) is 2.36. The highest BCUT2D eigenvalue weighted by molar-refractivity contribution is 7.07. The van der Waals surface area contributed by atoms with Gasteiger partial charge in [0.2, 0.25) is 0 Å². The van der Waals surface area contributed by atoms with E-state index < -0.39 is 0 Å². The van der Waals surface area contributed by atoms with Crippen molar-refractivity contribution in [3.05, 3.63) is 34.2 Å². The molecule has 0 radical (unpaired) electrons. The molecule has 0 saturated carbocycles. The van der Waals surface area contributed by atoms with E-state index in [1.807, 2.05) is 4.90 Å². The summed E-state index contributed by atoms with van der Waals surface area (Å²) in [6.45, 7) is 2.53. The second kappa shape index (κ2) is 5.16. The molecule has 1 aliphatic heterocycles. The summed E-state index contributed by atoms with van der Waals surface area (Å²) in [6.07, 6.45) is 1.86. The molecule has 0 bridgehead atoms. The Bertz CT molecular complexity index is 607. The summed E-state index contributed by atoms with van der Waals surface area (Å²) >= 11 is 1.42. The van der Waals surface area contributed by atoms with Gasteiger partial charge in [-0.3, -0.25) is 4.79 Å². The van der Waals surface area contributed by atoms with Crippen LogP contribution in [0.15, 0.2) is 17.0 Å². The van der Waals surface area contributed by atoms with Crippen molar-refractivity contribution >= 4 is 23.1 Å². The highest BCUT2D eigenvalue weighted by atomic mass is 32.1. The van der Waals surface area contributed by atoms with Crippen LogP contribution in [0.4, 0.5) is 5.82 Å². The minimum Gasteiger partial charge on any atom is -0.384 e. The summed E-state index contributed by atoms with van der Waals surface area (Å²) in [7, 11) is 0. The molecule has 0 spiro atoms. The fourth-order valence-corrected chi connectivity index (χ4v) is 3.09. The summed E-state index contributed by atoms with van der Waals surface area (Å²) in [5.41, 5.74) is 8.77. The smallest absolute Gasteiger partial charge is 0.273 e. The van der Waals surface area contributed by atoms with Crippen LogP contribution in [0.25, 0.3) is 0 Å². The van der Waals surface area contributed by atoms with Gasteiger partial charge in [0.05, 0.1) is 17.2 Å². The van der Waals surface area contributed by atoms with Gasteiger partial charge in [-0.05, 0) is 19.8 Å². The molecule has 104 valence electrons. The lowest BCUT2D eigenvalue weighted by molar-refractivity contribution is 0.0727. The van der Waals surface area contributed by atoms with Gasteiger partial charge in [-0.25, -0.2) is 15.0 Å². The summed E-state index contributed by atoms with van der Waals surface area (Å²) in [5.74, 6) is 1.04. The number of carbonyl (C=O) groups excluding carboxylic acids is 1. The van der Waals surface area contributed by atoms with Gasteiger partial charge in [-0.1, -0.05) is 0 Å². The first-order valence-corrected chi connectivity index (χ1v) is 7.39. The van der Waals surface area contributed by atoms with E-state index in [9.17, 15) is 4.79 Å². The molecule has 20 heavy (non-hydrogen) atoms. The molecule has 2 aromatic heterocycles. The lowest BCUT2D eigenvalue weighted by Crippen LogP contribution is -2.31. The van der Waals surface area contributed by atoms with Crippen LogP contribution in [0.2, 0.25) is 0 Å². The van der Waals surface area contributed by atoms with Crippen molar-refractivity contribution in [3.8, 4) is 0 Å². The number of nitrogens with two attached hydrogens (primary N) is 1. The number of nitrogens with zero attached hydrogens (tertiary/aromatic N) is 4. The second-order valence-corrected chi connectivity index (χ2v) is 5.51. The maximum atomic E-state index is 12.5. The van der Waals surface area contributed by atoms with Crippen LogP contribution in [-0.4, -0.2) is 32.3 Å². The van der Waals surface area contributed by atoms with Crippen molar-refractivity contribution in [3.63, 3.8) is 0 Å². The van der Waals surface area contributed by atoms with Crippen LogP contribution in [0, 0.1) is 6.92 Å². The fourth-order valence-electron chi connectivity index (χ4n) is 2.57. The van der Waals surface area contributed by atoms with E-state index in [0.29, 0.717) is 17.3 Å². The third-order valence-corrected chi connectivity index (χ3v) is 3.97. The number of aromatic nitrogens is 3. The molecule has 3 rings (SSSR count). The van der Waals surface area contributed by atoms with Crippen LogP contribution < -0.4 is 5.73 Å². The Morgan fingerprint density at radius 1 is 1.50 bits per heavy atom. The minimum atomic E-state index is -0.0383. The normalized spacial score (nSPS) is 18.4. The zero-order valence-electron chi connectivity index (χ0n) is 11.1. The molecule has 1 amide bonds. The molecule has 7 heteroatoms. The Kier molecular flexibility index (Phi) is 3.35. The number of carbonyl (C=O) groups is 1. The van der Waals surface area contributed by atoms with Gasteiger partial charge in [-0.2, -0.15) is 0 Å². The molecular weight excluding hydrogens is 274 g/mol. The van der Waals surface area contributed by atoms with E-state index >= 15 is 0 Å². The highest BCUT2D eigenvalue weighted by Gasteiger charge is 2.32. The second-order valence-electron chi connectivity index (χ2n) is 4.80. The number of likely N-dealkylation sites (tertiary alicyclic amines) is 1. The number of anilines is 1. The van der Waals surface area contributed by atoms with Crippen molar-refractivity contribution < 1.29 is 4.79 Å². The van der Waals surface area contributed by atoms with Gasteiger partial charge < -0.3 is 10.6 Å². The van der Waals surface area contributed by atoms with Crippen molar-refractivity contribution in [2.45, 2.75) is 25.8 Å². The first kappa shape index (κ1) is 13.0. The molecule has 0 aliphatic carbocycles. The number of aryl methyl sites for hydroxylation is 1. The van der Waals surface area contributed by atoms with Gasteiger partial charge >= 0.3 is 0 Å². The zero-order chi connectivity index (χ0) is 14.1. The van der Waals surface area contributed by atoms with Crippen LogP contribution in [-0.2, 0) is 0 Å². The summed E-state index contributed by atoms with van der Waals surface area (Å²) in [6, 6.07) is 1.72. The average Bonchev–Trinajstić information content (AvgIpc) is 3.08. The van der Waals surface area contributed by atoms with E-state index in [2.05, 4.69) is 15.0 Å². The molecule has 0 aromatic carbocycles. The van der Waals surface area contributed by atoms with E-state index in [4.69, 9.17) is 5.73 Å². The first-order chi connectivity index (χ1) is 9.65. The average molecular weight is 289 g/mol. The maximum absolute atomic E-state index is 12.5. The van der Waals surface area contributed by atoms with Gasteiger partial charge in [0.1, 0.15) is 17.3 Å². The Hall–Kier alpha value is -2.02. The Balaban J connectivity index is 1.90. The lowest BCUT2D eigenvalue weighted by Gasteiger charge is -2.23. The van der Waals surface area contributed by atoms with Crippen molar-refractivity contribution in [2.24, 2.45) is 0 Å². The quantitative estimate of drug-likeness (QED) is 0.911. The van der Waals surface area contributed by atoms with Crippen LogP contribution in [0.3, 0.4) is 0 Å². The molecule has 2 N–H and O–H groups in total. The van der Waals surface area contributed by atoms with E-state index in [1.165, 1.54) is 11.3 Å². The predicted molar refractivity (Wildman–Crippen MR) is 76.3 cm³/mol. The number of amides is 1. The molecule has 1 aliphatic rings. The molecule has 1 fully saturated rings. The van der Waals surface area contributed by atoms with Crippen LogP contribution in [0.5, 0.6) is 0 Å². The number of nitrogen functional groups attached to an aromatic ring is 1. The predicted octanol–water partition coefficient (Wildman–Crippen LogP) is 1.80. The molecule has 2 aromatic rings. The minimum absolute atomic E-state index is 0.0341. The lowest BCUT2D eigenvalue weighted by atomic mass is 10.1. The number of thiazole rings is 1. The van der Waals surface area contributed by atoms with Gasteiger partial charge in [0.15, 0.2) is 0 Å². The largest absolute Gasteiger partial charge is 0.384 e. The summed E-state index contributed by atoms with van der Waals surface area (Å²) < 4.78 is 0. The topological polar surface area (TPSA) is 85.0 Å². The molecule has 1 saturated heterocycles. The van der Waals surface area contributed by atoms with Crippen LogP contribution >= 0.6 is 11.3 Å². The first-order valence-electron chi connectivity index (χ1n) is 6.45. The number of hydrogen-bond donors (Lipinski definition) is 1. The van der Waals surface area contributed by atoms with E-state index in [0.717, 1.165) is 25.1 Å². The van der Waals surface area contributed by atoms with Crippen molar-refractivity contribution in [2.75, 3.05) is 12.3 Å². The molecule has 1 atom stereocenters. The molecule has 0 unspecified atom stereocenters. The summed E-state index contributed by atoms with van der Waals surface area (Å²) in [4.78, 5) is 26.9. The van der Waals surface area contributed by atoms with Crippen molar-refractivity contribution in [1.29, 1.82) is 0 Å². The summed E-state index contributed by atoms with van der Waals surface area (Å²) in [5, 5.41) is 1.78. The van der Waals surface area contributed by atoms with Crippen LogP contribution in [0.1, 0.15) is 40.9 Å². The Morgan fingerprint density at radius 3 is 3.05 bits per heavy atom. The Morgan fingerprint density at radius 2 is 2.35 bits per heavy atom.